The van der Waals surface area contributed by atoms with Gasteiger partial charge in [-0.3, -0.25) is 0 Å². The first-order valence-corrected chi connectivity index (χ1v) is 5.42. The van der Waals surface area contributed by atoms with Crippen LogP contribution in [0, 0.1) is 6.92 Å². The molecule has 0 fully saturated rings. The molecule has 0 aliphatic rings. The standard InChI is InChI=1S/C12H12F2N2O2/c1-7-2-4-8(5-3-7)12-15-10(18-16-12)6-9(17)11(13)14/h2-5,9,11,17H,6H2,1H3. The maximum absolute atomic E-state index is 12.1. The van der Waals surface area contributed by atoms with Crippen molar-refractivity contribution < 1.29 is 18.4 Å². The van der Waals surface area contributed by atoms with E-state index in [1.54, 1.807) is 0 Å². The SMILES string of the molecule is Cc1ccc(-c2noc(CC(O)C(F)F)n2)cc1. The average molecular weight is 254 g/mol. The van der Waals surface area contributed by atoms with Gasteiger partial charge in [-0.2, -0.15) is 4.98 Å². The smallest absolute Gasteiger partial charge is 0.264 e. The molecule has 1 atom stereocenters. The summed E-state index contributed by atoms with van der Waals surface area (Å²) in [5.41, 5.74) is 1.83. The van der Waals surface area contributed by atoms with Crippen LogP contribution in [-0.4, -0.2) is 27.8 Å². The van der Waals surface area contributed by atoms with Crippen molar-refractivity contribution in [3.05, 3.63) is 35.7 Å². The highest BCUT2D eigenvalue weighted by atomic mass is 19.3. The van der Waals surface area contributed by atoms with Crippen molar-refractivity contribution in [3.63, 3.8) is 0 Å². The lowest BCUT2D eigenvalue weighted by molar-refractivity contribution is -0.00754. The molecular formula is C12H12F2N2O2. The molecule has 0 saturated carbocycles. The Kier molecular flexibility index (Phi) is 3.66. The highest BCUT2D eigenvalue weighted by molar-refractivity contribution is 5.54. The molecule has 0 aliphatic carbocycles. The highest BCUT2D eigenvalue weighted by Gasteiger charge is 2.20. The van der Waals surface area contributed by atoms with E-state index in [1.807, 2.05) is 31.2 Å². The fourth-order valence-corrected chi connectivity index (χ4v) is 1.43. The first kappa shape index (κ1) is 12.6. The maximum atomic E-state index is 12.1. The molecule has 1 aromatic carbocycles. The Bertz CT molecular complexity index is 511. The summed E-state index contributed by atoms with van der Waals surface area (Å²) in [5.74, 6) is 0.324. The lowest BCUT2D eigenvalue weighted by Crippen LogP contribution is -2.20. The fourth-order valence-electron chi connectivity index (χ4n) is 1.43. The van der Waals surface area contributed by atoms with Gasteiger partial charge in [0.1, 0.15) is 6.10 Å². The van der Waals surface area contributed by atoms with Gasteiger partial charge in [-0.15, -0.1) is 0 Å². The first-order chi connectivity index (χ1) is 8.56. The van der Waals surface area contributed by atoms with E-state index in [1.165, 1.54) is 0 Å². The molecule has 1 unspecified atom stereocenters. The van der Waals surface area contributed by atoms with Crippen molar-refractivity contribution in [2.45, 2.75) is 25.9 Å². The van der Waals surface area contributed by atoms with Gasteiger partial charge in [-0.25, -0.2) is 8.78 Å². The van der Waals surface area contributed by atoms with Crippen LogP contribution in [0.1, 0.15) is 11.5 Å². The molecular weight excluding hydrogens is 242 g/mol. The molecule has 1 aromatic heterocycles. The molecule has 0 aliphatic heterocycles. The third-order valence-electron chi connectivity index (χ3n) is 2.45. The zero-order valence-electron chi connectivity index (χ0n) is 9.68. The van der Waals surface area contributed by atoms with Crippen molar-refractivity contribution in [3.8, 4) is 11.4 Å². The second-order valence-corrected chi connectivity index (χ2v) is 3.98. The molecule has 6 heteroatoms. The monoisotopic (exact) mass is 254 g/mol. The number of hydrogen-bond acceptors (Lipinski definition) is 4. The Morgan fingerprint density at radius 1 is 1.28 bits per heavy atom. The Morgan fingerprint density at radius 3 is 2.56 bits per heavy atom. The van der Waals surface area contributed by atoms with E-state index in [0.29, 0.717) is 5.82 Å². The summed E-state index contributed by atoms with van der Waals surface area (Å²) in [6.45, 7) is 1.95. The molecule has 0 radical (unpaired) electrons. The van der Waals surface area contributed by atoms with Crippen LogP contribution >= 0.6 is 0 Å². The van der Waals surface area contributed by atoms with Gasteiger partial charge >= 0.3 is 0 Å². The summed E-state index contributed by atoms with van der Waals surface area (Å²) in [6.07, 6.45) is -4.95. The van der Waals surface area contributed by atoms with Crippen LogP contribution in [0.2, 0.25) is 0 Å². The summed E-state index contributed by atoms with van der Waals surface area (Å²) >= 11 is 0. The van der Waals surface area contributed by atoms with Gasteiger partial charge in [-0.1, -0.05) is 35.0 Å². The average Bonchev–Trinajstić information content (AvgIpc) is 2.78. The molecule has 2 rings (SSSR count). The van der Waals surface area contributed by atoms with Crippen LogP contribution < -0.4 is 0 Å². The molecule has 0 amide bonds. The topological polar surface area (TPSA) is 59.2 Å². The van der Waals surface area contributed by atoms with Crippen LogP contribution in [0.5, 0.6) is 0 Å². The Hall–Kier alpha value is -1.82. The lowest BCUT2D eigenvalue weighted by Gasteiger charge is -2.04. The third kappa shape index (κ3) is 2.89. The Morgan fingerprint density at radius 2 is 1.94 bits per heavy atom. The Labute approximate surface area is 102 Å². The van der Waals surface area contributed by atoms with Crippen molar-refractivity contribution in [2.24, 2.45) is 0 Å². The molecule has 0 spiro atoms. The minimum atomic E-state index is -2.82. The summed E-state index contributed by atoms with van der Waals surface area (Å²) in [4.78, 5) is 3.96. The minimum absolute atomic E-state index is 0.00150. The zero-order valence-corrected chi connectivity index (χ0v) is 9.68. The number of aliphatic hydroxyl groups is 1. The molecule has 4 nitrogen and oxygen atoms in total. The quantitative estimate of drug-likeness (QED) is 0.908. The molecule has 1 N–H and O–H groups in total. The van der Waals surface area contributed by atoms with E-state index >= 15 is 0 Å². The predicted molar refractivity (Wildman–Crippen MR) is 60.2 cm³/mol. The summed E-state index contributed by atoms with van der Waals surface area (Å²) in [5, 5.41) is 12.7. The van der Waals surface area contributed by atoms with Gasteiger partial charge in [0.2, 0.25) is 11.7 Å². The normalized spacial score (nSPS) is 12.9. The van der Waals surface area contributed by atoms with Crippen molar-refractivity contribution in [1.82, 2.24) is 10.1 Å². The van der Waals surface area contributed by atoms with Crippen molar-refractivity contribution in [1.29, 1.82) is 0 Å². The number of alkyl halides is 2. The van der Waals surface area contributed by atoms with Gasteiger partial charge < -0.3 is 9.63 Å². The molecule has 0 saturated heterocycles. The number of hydrogen-bond donors (Lipinski definition) is 1. The van der Waals surface area contributed by atoms with Gasteiger partial charge in [-0.05, 0) is 6.92 Å². The number of rotatable bonds is 4. The van der Waals surface area contributed by atoms with Crippen LogP contribution in [-0.2, 0) is 6.42 Å². The fraction of sp³-hybridized carbons (Fsp3) is 0.333. The molecule has 2 aromatic rings. The van der Waals surface area contributed by atoms with Crippen molar-refractivity contribution in [2.75, 3.05) is 0 Å². The zero-order chi connectivity index (χ0) is 13.1. The maximum Gasteiger partial charge on any atom is 0.264 e. The number of nitrogens with zero attached hydrogens (tertiary/aromatic N) is 2. The molecule has 0 bridgehead atoms. The molecule has 18 heavy (non-hydrogen) atoms. The minimum Gasteiger partial charge on any atom is -0.387 e. The van der Waals surface area contributed by atoms with E-state index < -0.39 is 12.5 Å². The number of aliphatic hydroxyl groups excluding tert-OH is 1. The second kappa shape index (κ2) is 5.22. The van der Waals surface area contributed by atoms with Gasteiger partial charge in [0.15, 0.2) is 0 Å². The summed E-state index contributed by atoms with van der Waals surface area (Å²) in [6, 6.07) is 7.40. The van der Waals surface area contributed by atoms with Crippen molar-refractivity contribution >= 4 is 0 Å². The van der Waals surface area contributed by atoms with Crippen LogP contribution in [0.3, 0.4) is 0 Å². The number of aryl methyl sites for hydroxylation is 1. The van der Waals surface area contributed by atoms with Crippen LogP contribution in [0.25, 0.3) is 11.4 Å². The van der Waals surface area contributed by atoms with Gasteiger partial charge in [0, 0.05) is 5.56 Å². The number of halogens is 2. The largest absolute Gasteiger partial charge is 0.387 e. The third-order valence-corrected chi connectivity index (χ3v) is 2.45. The van der Waals surface area contributed by atoms with E-state index in [2.05, 4.69) is 10.1 Å². The first-order valence-electron chi connectivity index (χ1n) is 5.42. The molecule has 96 valence electrons. The van der Waals surface area contributed by atoms with E-state index in [9.17, 15) is 8.78 Å². The lowest BCUT2D eigenvalue weighted by atomic mass is 10.1. The van der Waals surface area contributed by atoms with Gasteiger partial charge in [0.25, 0.3) is 6.43 Å². The number of aromatic nitrogens is 2. The number of benzene rings is 1. The van der Waals surface area contributed by atoms with Gasteiger partial charge in [0.05, 0.1) is 6.42 Å². The molecule has 1 heterocycles. The predicted octanol–water partition coefficient (Wildman–Crippen LogP) is 2.21. The van der Waals surface area contributed by atoms with E-state index in [4.69, 9.17) is 9.63 Å². The van der Waals surface area contributed by atoms with E-state index in [-0.39, 0.29) is 12.3 Å². The summed E-state index contributed by atoms with van der Waals surface area (Å²) in [7, 11) is 0. The Balaban J connectivity index is 2.13. The van der Waals surface area contributed by atoms with Crippen LogP contribution in [0.15, 0.2) is 28.8 Å². The van der Waals surface area contributed by atoms with Crippen LogP contribution in [0.4, 0.5) is 8.78 Å². The van der Waals surface area contributed by atoms with E-state index in [0.717, 1.165) is 11.1 Å². The second-order valence-electron chi connectivity index (χ2n) is 3.98. The summed E-state index contributed by atoms with van der Waals surface area (Å²) < 4.78 is 29.1. The highest BCUT2D eigenvalue weighted by Crippen LogP contribution is 2.17.